The van der Waals surface area contributed by atoms with Crippen LogP contribution in [0, 0.1) is 11.6 Å². The van der Waals surface area contributed by atoms with Crippen LogP contribution in [0.25, 0.3) is 0 Å². The van der Waals surface area contributed by atoms with E-state index in [9.17, 15) is 8.78 Å². The molecule has 4 rings (SSSR count). The van der Waals surface area contributed by atoms with Gasteiger partial charge in [0.15, 0.2) is 5.75 Å². The number of piperidine rings is 1. The van der Waals surface area contributed by atoms with Gasteiger partial charge in [-0.2, -0.15) is 0 Å². The third-order valence-electron chi connectivity index (χ3n) is 5.97. The smallest absolute Gasteiger partial charge is 0.157 e. The molecule has 0 radical (unpaired) electrons. The van der Waals surface area contributed by atoms with E-state index in [2.05, 4.69) is 10.1 Å². The maximum atomic E-state index is 13.4. The lowest BCUT2D eigenvalue weighted by Crippen LogP contribution is -2.34. The predicted molar refractivity (Wildman–Crippen MR) is 124 cm³/mol. The summed E-state index contributed by atoms with van der Waals surface area (Å²) in [4.78, 5) is 7.98. The van der Waals surface area contributed by atoms with E-state index in [0.717, 1.165) is 67.9 Å². The highest BCUT2D eigenvalue weighted by Crippen LogP contribution is 2.30. The first-order valence-electron chi connectivity index (χ1n) is 11.2. The molecule has 1 saturated heterocycles. The second kappa shape index (κ2) is 11.0. The summed E-state index contributed by atoms with van der Waals surface area (Å²) in [6.07, 6.45) is 3.75. The zero-order valence-electron chi connectivity index (χ0n) is 18.1. The number of oxime groups is 1. The van der Waals surface area contributed by atoms with Crippen molar-refractivity contribution in [3.63, 3.8) is 0 Å². The number of likely N-dealkylation sites (tertiary alicyclic amines) is 1. The molecule has 0 saturated carbocycles. The van der Waals surface area contributed by atoms with Crippen LogP contribution in [0.3, 0.4) is 0 Å². The largest absolute Gasteiger partial charge is 0.357 e. The van der Waals surface area contributed by atoms with Crippen LogP contribution in [-0.2, 0) is 0 Å². The van der Waals surface area contributed by atoms with Crippen LogP contribution in [0.4, 0.5) is 8.78 Å². The molecule has 1 heterocycles. The molecule has 32 heavy (non-hydrogen) atoms. The van der Waals surface area contributed by atoms with Crippen molar-refractivity contribution < 1.29 is 13.6 Å². The average Bonchev–Trinajstić information content (AvgIpc) is 2.83. The van der Waals surface area contributed by atoms with Crippen molar-refractivity contribution in [2.75, 3.05) is 19.6 Å². The Morgan fingerprint density at radius 2 is 1.34 bits per heavy atom. The number of nitrogens with zero attached hydrogens (tertiary/aromatic N) is 2. The molecule has 0 N–H and O–H groups in total. The van der Waals surface area contributed by atoms with E-state index in [1.54, 1.807) is 0 Å². The summed E-state index contributed by atoms with van der Waals surface area (Å²) in [5.41, 5.74) is 3.22. The lowest BCUT2D eigenvalue weighted by atomic mass is 9.87. The van der Waals surface area contributed by atoms with Gasteiger partial charge in [0.2, 0.25) is 0 Å². The first kappa shape index (κ1) is 22.2. The zero-order chi connectivity index (χ0) is 22.2. The van der Waals surface area contributed by atoms with E-state index in [4.69, 9.17) is 4.84 Å². The van der Waals surface area contributed by atoms with Gasteiger partial charge < -0.3 is 9.74 Å². The number of hydrogen-bond acceptors (Lipinski definition) is 3. The monoisotopic (exact) mass is 434 g/mol. The maximum Gasteiger partial charge on any atom is 0.157 e. The van der Waals surface area contributed by atoms with E-state index >= 15 is 0 Å². The molecule has 3 nitrogen and oxygen atoms in total. The van der Waals surface area contributed by atoms with Crippen LogP contribution in [0.1, 0.15) is 42.7 Å². The number of rotatable bonds is 8. The van der Waals surface area contributed by atoms with Crippen LogP contribution in [0.2, 0.25) is 0 Å². The molecule has 0 atom stereocenters. The van der Waals surface area contributed by atoms with E-state index < -0.39 is 0 Å². The number of para-hydroxylation sites is 1. The van der Waals surface area contributed by atoms with Gasteiger partial charge in [0.25, 0.3) is 0 Å². The lowest BCUT2D eigenvalue weighted by Gasteiger charge is -2.28. The highest BCUT2D eigenvalue weighted by molar-refractivity contribution is 5.85. The minimum atomic E-state index is -0.242. The summed E-state index contributed by atoms with van der Waals surface area (Å²) in [7, 11) is 0. The Kier molecular flexibility index (Phi) is 7.62. The molecule has 3 aromatic rings. The van der Waals surface area contributed by atoms with E-state index in [1.165, 1.54) is 24.3 Å². The highest BCUT2D eigenvalue weighted by Gasteiger charge is 2.18. The fraction of sp³-hybridized carbons (Fsp3) is 0.296. The first-order valence-corrected chi connectivity index (χ1v) is 11.2. The molecular formula is C27H28F2N2O. The average molecular weight is 435 g/mol. The van der Waals surface area contributed by atoms with Crippen molar-refractivity contribution in [2.24, 2.45) is 5.16 Å². The molecule has 166 valence electrons. The molecule has 3 aromatic carbocycles. The first-order chi connectivity index (χ1) is 15.7. The van der Waals surface area contributed by atoms with Gasteiger partial charge in [0.05, 0.1) is 5.71 Å². The molecular weight excluding hydrogens is 406 g/mol. The van der Waals surface area contributed by atoms with Crippen molar-refractivity contribution in [3.8, 4) is 5.75 Å². The van der Waals surface area contributed by atoms with Crippen molar-refractivity contribution in [3.05, 3.63) is 102 Å². The van der Waals surface area contributed by atoms with Gasteiger partial charge in [-0.1, -0.05) is 47.6 Å². The van der Waals surface area contributed by atoms with Crippen molar-refractivity contribution >= 4 is 5.71 Å². The Hall–Kier alpha value is -3.05. The Bertz CT molecular complexity index is 949. The molecule has 0 aromatic heterocycles. The summed E-state index contributed by atoms with van der Waals surface area (Å²) < 4.78 is 26.8. The molecule has 5 heteroatoms. The summed E-state index contributed by atoms with van der Waals surface area (Å²) in [6, 6.07) is 22.9. The van der Waals surface area contributed by atoms with Crippen molar-refractivity contribution in [1.29, 1.82) is 0 Å². The van der Waals surface area contributed by atoms with Crippen LogP contribution < -0.4 is 4.84 Å². The molecule has 0 unspecified atom stereocenters. The summed E-state index contributed by atoms with van der Waals surface area (Å²) >= 11 is 0. The number of benzene rings is 3. The fourth-order valence-corrected chi connectivity index (χ4v) is 4.16. The van der Waals surface area contributed by atoms with Crippen molar-refractivity contribution in [2.45, 2.75) is 31.6 Å². The van der Waals surface area contributed by atoms with Crippen LogP contribution >= 0.6 is 0 Å². The molecule has 1 aliphatic heterocycles. The molecule has 0 aliphatic carbocycles. The second-order valence-corrected chi connectivity index (χ2v) is 8.20. The van der Waals surface area contributed by atoms with Crippen LogP contribution in [-0.4, -0.2) is 30.2 Å². The Morgan fingerprint density at radius 3 is 1.91 bits per heavy atom. The molecule has 0 amide bonds. The van der Waals surface area contributed by atoms with Crippen LogP contribution in [0.5, 0.6) is 5.75 Å². The number of halogens is 2. The topological polar surface area (TPSA) is 24.8 Å². The van der Waals surface area contributed by atoms with Gasteiger partial charge in [-0.25, -0.2) is 8.78 Å². The van der Waals surface area contributed by atoms with Crippen LogP contribution in [0.15, 0.2) is 84.0 Å². The summed E-state index contributed by atoms with van der Waals surface area (Å²) in [6.45, 7) is 2.93. The van der Waals surface area contributed by atoms with Gasteiger partial charge in [-0.05, 0) is 66.9 Å². The molecule has 1 fully saturated rings. The second-order valence-electron chi connectivity index (χ2n) is 8.20. The summed E-state index contributed by atoms with van der Waals surface area (Å²) in [5, 5.41) is 4.32. The van der Waals surface area contributed by atoms with Gasteiger partial charge in [0.1, 0.15) is 11.6 Å². The standard InChI is InChI=1S/C27H28F2N2O/c28-23-12-8-21(9-13-23)27(22-10-14-24(29)15-11-22)7-4-18-31-19-16-25(17-20-31)30-32-26-5-2-1-3-6-26/h1-3,5-6,8-15,27H,4,7,16-20H2. The van der Waals surface area contributed by atoms with Gasteiger partial charge in [-0.3, -0.25) is 0 Å². The SMILES string of the molecule is Fc1ccc(C(CCCN2CCC(=NOc3ccccc3)CC2)c2ccc(F)cc2)cc1. The van der Waals surface area contributed by atoms with E-state index in [-0.39, 0.29) is 17.6 Å². The molecule has 0 bridgehead atoms. The fourth-order valence-electron chi connectivity index (χ4n) is 4.16. The number of hydrogen-bond donors (Lipinski definition) is 0. The Balaban J connectivity index is 1.29. The maximum absolute atomic E-state index is 13.4. The van der Waals surface area contributed by atoms with Gasteiger partial charge >= 0.3 is 0 Å². The zero-order valence-corrected chi connectivity index (χ0v) is 18.1. The normalized spacial score (nSPS) is 14.5. The van der Waals surface area contributed by atoms with Gasteiger partial charge in [0, 0.05) is 31.8 Å². The molecule has 0 spiro atoms. The minimum absolute atomic E-state index is 0.123. The lowest BCUT2D eigenvalue weighted by molar-refractivity contribution is 0.260. The van der Waals surface area contributed by atoms with E-state index in [1.807, 2.05) is 54.6 Å². The summed E-state index contributed by atoms with van der Waals surface area (Å²) in [5.74, 6) is 0.398. The minimum Gasteiger partial charge on any atom is -0.357 e. The van der Waals surface area contributed by atoms with E-state index in [0.29, 0.717) is 0 Å². The highest BCUT2D eigenvalue weighted by atomic mass is 19.1. The predicted octanol–water partition coefficient (Wildman–Crippen LogP) is 6.41. The Morgan fingerprint density at radius 1 is 0.781 bits per heavy atom. The van der Waals surface area contributed by atoms with Crippen molar-refractivity contribution in [1.82, 2.24) is 4.90 Å². The third kappa shape index (κ3) is 6.24. The Labute approximate surface area is 188 Å². The molecule has 1 aliphatic rings. The third-order valence-corrected chi connectivity index (χ3v) is 5.97. The quantitative estimate of drug-likeness (QED) is 0.383. The van der Waals surface area contributed by atoms with Gasteiger partial charge in [-0.15, -0.1) is 0 Å².